The van der Waals surface area contributed by atoms with Crippen LogP contribution in [0.25, 0.3) is 0 Å². The Morgan fingerprint density at radius 3 is 0.590 bits per heavy atom. The summed E-state index contributed by atoms with van der Waals surface area (Å²) in [6.45, 7) is 0. The van der Waals surface area contributed by atoms with Crippen LogP contribution in [-0.4, -0.2) is 53.7 Å². The van der Waals surface area contributed by atoms with Gasteiger partial charge in [-0.2, -0.15) is 105 Å². The van der Waals surface area contributed by atoms with Crippen molar-refractivity contribution in [3.8, 4) is 0 Å². The third-order valence-electron chi connectivity index (χ3n) is 3.83. The van der Waals surface area contributed by atoms with Crippen LogP contribution in [0.1, 0.15) is 0 Å². The fourth-order valence-corrected chi connectivity index (χ4v) is 1.78. The summed E-state index contributed by atoms with van der Waals surface area (Å²) in [4.78, 5) is 0. The highest BCUT2D eigenvalue weighted by Crippen LogP contribution is 2.65. The Morgan fingerprint density at radius 2 is 0.436 bits per heavy atom. The molecule has 0 atom stereocenters. The van der Waals surface area contributed by atoms with E-state index in [1.54, 1.807) is 0 Å². The summed E-state index contributed by atoms with van der Waals surface area (Å²) in [6, 6.07) is -8.68. The van der Waals surface area contributed by atoms with Crippen molar-refractivity contribution in [3.05, 3.63) is 24.2 Å². The molecule has 0 aromatic heterocycles. The van der Waals surface area contributed by atoms with Crippen LogP contribution < -0.4 is 0 Å². The lowest BCUT2D eigenvalue weighted by atomic mass is 9.88. The number of hydrogen-bond acceptors (Lipinski definition) is 2. The van der Waals surface area contributed by atoms with Crippen molar-refractivity contribution in [1.29, 1.82) is 0 Å². The minimum absolute atomic E-state index is 1.52. The molecule has 0 bridgehead atoms. The SMILES string of the molecule is FC(F)=C(F)OC(F)(F)C(F)(F)C(F)(F)C(F)(F)C(F)(F)C(F)(F)C(F)(F)C(F)(F)C(F)(F)OC(F)=C(F)F. The van der Waals surface area contributed by atoms with Gasteiger partial charge in [-0.15, -0.1) is 0 Å². The Balaban J connectivity index is 7.03. The van der Waals surface area contributed by atoms with Crippen molar-refractivity contribution >= 4 is 0 Å². The number of hydrogen-bond donors (Lipinski definition) is 0. The highest BCUT2D eigenvalue weighted by molar-refractivity contribution is 5.16. The van der Waals surface area contributed by atoms with Gasteiger partial charge in [0.2, 0.25) is 0 Å². The Bertz CT molecular complexity index is 891. The normalized spacial score (nSPS) is 15.2. The average Bonchev–Trinajstić information content (AvgIpc) is 2.71. The zero-order valence-corrected chi connectivity index (χ0v) is 16.4. The fraction of sp³-hybridized carbons (Fsp3) is 0.692. The molecule has 2 nitrogen and oxygen atoms in total. The Morgan fingerprint density at radius 1 is 0.282 bits per heavy atom. The van der Waals surface area contributed by atoms with E-state index in [4.69, 9.17) is 0 Å². The van der Waals surface area contributed by atoms with Gasteiger partial charge in [0.15, 0.2) is 0 Å². The molecule has 26 heteroatoms. The maximum atomic E-state index is 13.5. The topological polar surface area (TPSA) is 18.5 Å². The molecule has 0 amide bonds. The van der Waals surface area contributed by atoms with Gasteiger partial charge in [-0.05, 0) is 0 Å². The largest absolute Gasteiger partial charge is 0.472 e. The van der Waals surface area contributed by atoms with Crippen LogP contribution in [0.5, 0.6) is 0 Å². The first-order valence-corrected chi connectivity index (χ1v) is 7.85. The molecule has 0 unspecified atom stereocenters. The van der Waals surface area contributed by atoms with Gasteiger partial charge < -0.3 is 9.47 Å². The molecule has 0 heterocycles. The van der Waals surface area contributed by atoms with Gasteiger partial charge >= 0.3 is 77.9 Å². The first-order valence-electron chi connectivity index (χ1n) is 7.85. The van der Waals surface area contributed by atoms with Crippen molar-refractivity contribution in [2.45, 2.75) is 53.7 Å². The van der Waals surface area contributed by atoms with Gasteiger partial charge in [0, 0.05) is 0 Å². The van der Waals surface area contributed by atoms with Crippen LogP contribution in [0.4, 0.5) is 105 Å². The van der Waals surface area contributed by atoms with E-state index in [2.05, 4.69) is 0 Å². The predicted molar refractivity (Wildman–Crippen MR) is 67.4 cm³/mol. The van der Waals surface area contributed by atoms with Gasteiger partial charge in [0.25, 0.3) is 0 Å². The number of alkyl halides is 18. The van der Waals surface area contributed by atoms with E-state index in [-0.39, 0.29) is 0 Å². The molecule has 0 aliphatic carbocycles. The minimum atomic E-state index is -9.34. The van der Waals surface area contributed by atoms with Crippen LogP contribution in [0, 0.1) is 0 Å². The summed E-state index contributed by atoms with van der Waals surface area (Å²) in [5.74, 6) is -63.4. The highest BCUT2D eigenvalue weighted by Gasteiger charge is 2.97. The van der Waals surface area contributed by atoms with Crippen LogP contribution in [0.3, 0.4) is 0 Å². The Hall–Kier alpha value is -2.60. The molecule has 0 saturated heterocycles. The summed E-state index contributed by atoms with van der Waals surface area (Å²) < 4.78 is 313. The second kappa shape index (κ2) is 9.79. The van der Waals surface area contributed by atoms with Crippen molar-refractivity contribution in [3.63, 3.8) is 0 Å². The molecule has 0 saturated carbocycles. The molecule has 0 spiro atoms. The summed E-state index contributed by atoms with van der Waals surface area (Å²) in [7, 11) is 0. The second-order valence-corrected chi connectivity index (χ2v) is 6.33. The van der Waals surface area contributed by atoms with Crippen molar-refractivity contribution in [1.82, 2.24) is 0 Å². The zero-order chi connectivity index (χ0) is 32.2. The quantitative estimate of drug-likeness (QED) is 0.156. The monoisotopic (exact) mass is 644 g/mol. The van der Waals surface area contributed by atoms with Gasteiger partial charge in [-0.1, -0.05) is 0 Å². The fourth-order valence-electron chi connectivity index (χ4n) is 1.78. The third kappa shape index (κ3) is 5.17. The lowest BCUT2D eigenvalue weighted by Crippen LogP contribution is -2.76. The summed E-state index contributed by atoms with van der Waals surface area (Å²) in [5.41, 5.74) is 0. The summed E-state index contributed by atoms with van der Waals surface area (Å²) in [5, 5.41) is 0. The van der Waals surface area contributed by atoms with E-state index in [0.717, 1.165) is 0 Å². The number of ether oxygens (including phenoxy) is 2. The van der Waals surface area contributed by atoms with E-state index < -0.39 is 77.9 Å². The van der Waals surface area contributed by atoms with Crippen LogP contribution in [0.2, 0.25) is 0 Å². The first kappa shape index (κ1) is 36.4. The molecule has 0 fully saturated rings. The van der Waals surface area contributed by atoms with Crippen molar-refractivity contribution in [2.75, 3.05) is 0 Å². The lowest BCUT2D eigenvalue weighted by Gasteiger charge is -2.43. The predicted octanol–water partition coefficient (Wildman–Crippen LogP) is 8.72. The molecule has 39 heavy (non-hydrogen) atoms. The molecule has 232 valence electrons. The van der Waals surface area contributed by atoms with E-state index in [1.807, 2.05) is 0 Å². The van der Waals surface area contributed by atoms with Crippen molar-refractivity contribution in [2.24, 2.45) is 0 Å². The summed E-state index contributed by atoms with van der Waals surface area (Å²) in [6.07, 6.45) is -24.4. The third-order valence-corrected chi connectivity index (χ3v) is 3.83. The molecular weight excluding hydrogens is 644 g/mol. The molecule has 0 N–H and O–H groups in total. The molecule has 0 rings (SSSR count). The second-order valence-electron chi connectivity index (χ2n) is 6.33. The van der Waals surface area contributed by atoms with E-state index >= 15 is 0 Å². The smallest absolute Gasteiger partial charge is 0.397 e. The molecular formula is C13F24O2. The van der Waals surface area contributed by atoms with Crippen molar-refractivity contribution < 1.29 is 115 Å². The van der Waals surface area contributed by atoms with Crippen LogP contribution in [-0.2, 0) is 9.47 Å². The van der Waals surface area contributed by atoms with E-state index in [1.165, 1.54) is 9.47 Å². The molecule has 0 aliphatic heterocycles. The number of rotatable bonds is 12. The highest BCUT2D eigenvalue weighted by atomic mass is 19.4. The zero-order valence-electron chi connectivity index (χ0n) is 16.4. The Labute approximate surface area is 194 Å². The lowest BCUT2D eigenvalue weighted by molar-refractivity contribution is -0.485. The molecule has 0 aromatic rings. The van der Waals surface area contributed by atoms with Gasteiger partial charge in [0.1, 0.15) is 0 Å². The molecule has 0 aliphatic rings. The number of halogens is 24. The van der Waals surface area contributed by atoms with Gasteiger partial charge in [-0.3, -0.25) is 0 Å². The Kier molecular flexibility index (Phi) is 9.14. The van der Waals surface area contributed by atoms with Gasteiger partial charge in [0.05, 0.1) is 0 Å². The van der Waals surface area contributed by atoms with E-state index in [0.29, 0.717) is 0 Å². The summed E-state index contributed by atoms with van der Waals surface area (Å²) >= 11 is 0. The first-order chi connectivity index (χ1) is 16.7. The van der Waals surface area contributed by atoms with Crippen LogP contribution in [0.15, 0.2) is 24.2 Å². The maximum Gasteiger partial charge on any atom is 0.472 e. The van der Waals surface area contributed by atoms with Gasteiger partial charge in [-0.25, -0.2) is 0 Å². The van der Waals surface area contributed by atoms with E-state index in [9.17, 15) is 105 Å². The molecule has 0 radical (unpaired) electrons. The molecule has 0 aromatic carbocycles. The maximum absolute atomic E-state index is 13.5. The minimum Gasteiger partial charge on any atom is -0.397 e. The van der Waals surface area contributed by atoms with Crippen LogP contribution >= 0.6 is 0 Å². The average molecular weight is 644 g/mol. The standard InChI is InChI=1S/C13F24O2/c14-1(15)3(18)38-12(34,35)10(30,31)8(26,27)6(22,23)5(20,21)7(24,25)9(28,29)11(32,33)13(36,37)39-4(19)2(16)17.